The zero-order valence-electron chi connectivity index (χ0n) is 5.52. The zero-order valence-corrected chi connectivity index (χ0v) is 6.33. The molecule has 3 N–H and O–H groups in total. The number of nitrogens with one attached hydrogen (secondary N) is 1. The molecule has 0 heterocycles. The van der Waals surface area contributed by atoms with Crippen LogP contribution in [-0.2, 0) is 0 Å². The summed E-state index contributed by atoms with van der Waals surface area (Å²) in [6.45, 7) is 0.728. The standard InChI is InChI=1S/C5H12N2OS/c1-6-5(8)7-3-4-9-2/h1,3-4,6H2,2H3,(H,7,8). The van der Waals surface area contributed by atoms with Crippen LogP contribution in [-0.4, -0.2) is 24.6 Å². The fraction of sp³-hybridized carbons (Fsp3) is 0.600. The molecular weight excluding hydrogens is 136 g/mol. The van der Waals surface area contributed by atoms with Crippen LogP contribution in [0.1, 0.15) is 0 Å². The largest absolute Gasteiger partial charge is 0.395 e. The molecular formula is C5H12N2OS. The van der Waals surface area contributed by atoms with E-state index in [4.69, 9.17) is 0 Å². The maximum absolute atomic E-state index is 10.4. The lowest BCUT2D eigenvalue weighted by Crippen LogP contribution is -2.84. The summed E-state index contributed by atoms with van der Waals surface area (Å²) in [5.74, 6) is 0.958. The van der Waals surface area contributed by atoms with Crippen molar-refractivity contribution in [2.75, 3.05) is 18.6 Å². The van der Waals surface area contributed by atoms with Gasteiger partial charge in [0.15, 0.2) is 0 Å². The first-order valence-electron chi connectivity index (χ1n) is 2.70. The molecule has 0 aliphatic carbocycles. The number of thioether (sulfide) groups is 1. The average molecular weight is 148 g/mol. The Kier molecular flexibility index (Phi) is 5.76. The predicted molar refractivity (Wildman–Crippen MR) is 39.1 cm³/mol. The number of primary amides is 1. The minimum absolute atomic E-state index is 0.0935. The van der Waals surface area contributed by atoms with Crippen molar-refractivity contribution in [2.45, 2.75) is 0 Å². The van der Waals surface area contributed by atoms with Crippen LogP contribution < -0.4 is 10.6 Å². The van der Waals surface area contributed by atoms with Gasteiger partial charge in [-0.05, 0) is 6.26 Å². The molecule has 0 aliphatic heterocycles. The molecule has 0 bridgehead atoms. The van der Waals surface area contributed by atoms with Crippen molar-refractivity contribution in [1.82, 2.24) is 5.32 Å². The molecule has 0 rings (SSSR count). The fourth-order valence-corrected chi connectivity index (χ4v) is 0.655. The van der Waals surface area contributed by atoms with Gasteiger partial charge in [0.25, 0.3) is 0 Å². The summed E-state index contributed by atoms with van der Waals surface area (Å²) >= 11 is 1.71. The van der Waals surface area contributed by atoms with E-state index in [0.717, 1.165) is 12.3 Å². The lowest BCUT2D eigenvalue weighted by Gasteiger charge is -1.99. The molecule has 0 aromatic carbocycles. The fourth-order valence-electron chi connectivity index (χ4n) is 0.348. The van der Waals surface area contributed by atoms with Crippen LogP contribution in [0.25, 0.3) is 0 Å². The molecule has 0 atom stereocenters. The van der Waals surface area contributed by atoms with E-state index in [1.54, 1.807) is 11.8 Å². The molecule has 4 heteroatoms. The van der Waals surface area contributed by atoms with Gasteiger partial charge in [0.05, 0.1) is 0 Å². The van der Waals surface area contributed by atoms with Gasteiger partial charge in [0, 0.05) is 12.3 Å². The summed E-state index contributed by atoms with van der Waals surface area (Å²) in [7, 11) is 3.32. The smallest absolute Gasteiger partial charge is 0.387 e. The highest BCUT2D eigenvalue weighted by Crippen LogP contribution is 1.85. The SMILES string of the molecule is [CH2-][NH2+]C(=O)NCCSC. The summed E-state index contributed by atoms with van der Waals surface area (Å²) in [6.07, 6.45) is 2.00. The normalized spacial score (nSPS) is 9.11. The molecule has 2 amide bonds. The molecule has 0 saturated heterocycles. The van der Waals surface area contributed by atoms with Crippen LogP contribution in [0.15, 0.2) is 0 Å². The quantitative estimate of drug-likeness (QED) is 0.415. The number of quaternary nitrogens is 1. The molecule has 0 aromatic rings. The molecule has 9 heavy (non-hydrogen) atoms. The van der Waals surface area contributed by atoms with Gasteiger partial charge in [-0.2, -0.15) is 11.8 Å². The van der Waals surface area contributed by atoms with E-state index in [1.807, 2.05) is 6.26 Å². The van der Waals surface area contributed by atoms with Crippen LogP contribution in [0.4, 0.5) is 4.79 Å². The van der Waals surface area contributed by atoms with Gasteiger partial charge in [-0.15, -0.1) is 7.05 Å². The van der Waals surface area contributed by atoms with Crippen molar-refractivity contribution in [2.24, 2.45) is 0 Å². The zero-order chi connectivity index (χ0) is 7.11. The highest BCUT2D eigenvalue weighted by molar-refractivity contribution is 7.98. The summed E-state index contributed by atoms with van der Waals surface area (Å²) in [5, 5.41) is 3.93. The Morgan fingerprint density at radius 3 is 3.00 bits per heavy atom. The van der Waals surface area contributed by atoms with E-state index >= 15 is 0 Å². The van der Waals surface area contributed by atoms with Crippen LogP contribution in [0.3, 0.4) is 0 Å². The molecule has 0 saturated carbocycles. The van der Waals surface area contributed by atoms with Gasteiger partial charge in [-0.3, -0.25) is 0 Å². The second-order valence-electron chi connectivity index (χ2n) is 1.49. The summed E-state index contributed by atoms with van der Waals surface area (Å²) < 4.78 is 0. The Morgan fingerprint density at radius 1 is 1.89 bits per heavy atom. The van der Waals surface area contributed by atoms with E-state index in [0.29, 0.717) is 0 Å². The summed E-state index contributed by atoms with van der Waals surface area (Å²) in [5.41, 5.74) is 0. The Bertz CT molecular complexity index is 87.0. The van der Waals surface area contributed by atoms with E-state index in [1.165, 1.54) is 5.32 Å². The number of carbonyl (C=O) groups excluding carboxylic acids is 1. The number of amides is 2. The van der Waals surface area contributed by atoms with Crippen LogP contribution in [0.2, 0.25) is 0 Å². The topological polar surface area (TPSA) is 45.7 Å². The molecule has 3 nitrogen and oxygen atoms in total. The number of urea groups is 1. The van der Waals surface area contributed by atoms with Crippen molar-refractivity contribution in [3.05, 3.63) is 7.05 Å². The van der Waals surface area contributed by atoms with Crippen LogP contribution >= 0.6 is 11.8 Å². The molecule has 0 spiro atoms. The van der Waals surface area contributed by atoms with Crippen LogP contribution in [0.5, 0.6) is 0 Å². The number of hydrogen-bond donors (Lipinski definition) is 2. The summed E-state index contributed by atoms with van der Waals surface area (Å²) in [6, 6.07) is -0.0935. The monoisotopic (exact) mass is 148 g/mol. The van der Waals surface area contributed by atoms with E-state index in [9.17, 15) is 4.79 Å². The molecule has 0 aromatic heterocycles. The molecule has 0 radical (unpaired) electrons. The molecule has 54 valence electrons. The second-order valence-corrected chi connectivity index (χ2v) is 2.47. The maximum Gasteiger partial charge on any atom is 0.387 e. The van der Waals surface area contributed by atoms with E-state index < -0.39 is 0 Å². The van der Waals surface area contributed by atoms with Gasteiger partial charge in [0.1, 0.15) is 0 Å². The number of rotatable bonds is 3. The molecule has 0 unspecified atom stereocenters. The van der Waals surface area contributed by atoms with Gasteiger partial charge in [-0.1, -0.05) is 0 Å². The van der Waals surface area contributed by atoms with Crippen LogP contribution in [0, 0.1) is 7.05 Å². The van der Waals surface area contributed by atoms with E-state index in [-0.39, 0.29) is 6.03 Å². The maximum atomic E-state index is 10.4. The Morgan fingerprint density at radius 2 is 2.56 bits per heavy atom. The first kappa shape index (κ1) is 8.78. The lowest BCUT2D eigenvalue weighted by atomic mass is 10.7. The Labute approximate surface area is 59.6 Å². The van der Waals surface area contributed by atoms with Crippen molar-refractivity contribution >= 4 is 17.8 Å². The van der Waals surface area contributed by atoms with Crippen molar-refractivity contribution in [3.8, 4) is 0 Å². The first-order valence-corrected chi connectivity index (χ1v) is 4.10. The number of hydrogen-bond acceptors (Lipinski definition) is 2. The lowest BCUT2D eigenvalue weighted by molar-refractivity contribution is -0.490. The van der Waals surface area contributed by atoms with Gasteiger partial charge >= 0.3 is 6.03 Å². The minimum atomic E-state index is -0.0935. The van der Waals surface area contributed by atoms with Gasteiger partial charge in [0.2, 0.25) is 0 Å². The van der Waals surface area contributed by atoms with Gasteiger partial charge < -0.3 is 10.6 Å². The molecule has 0 fully saturated rings. The van der Waals surface area contributed by atoms with E-state index in [2.05, 4.69) is 12.4 Å². The summed E-state index contributed by atoms with van der Waals surface area (Å²) in [4.78, 5) is 10.4. The first-order chi connectivity index (χ1) is 4.31. The number of carbonyl (C=O) groups is 1. The highest BCUT2D eigenvalue weighted by atomic mass is 32.2. The highest BCUT2D eigenvalue weighted by Gasteiger charge is 1.93. The van der Waals surface area contributed by atoms with Crippen molar-refractivity contribution in [1.29, 1.82) is 0 Å². The van der Waals surface area contributed by atoms with Crippen molar-refractivity contribution in [3.63, 3.8) is 0 Å². The number of nitrogens with two attached hydrogens (primary N) is 1. The third-order valence-corrected chi connectivity index (χ3v) is 1.40. The second kappa shape index (κ2) is 5.91. The predicted octanol–water partition coefficient (Wildman–Crippen LogP) is -0.586. The average Bonchev–Trinajstić information content (AvgIpc) is 1.89. The Balaban J connectivity index is 2.97. The van der Waals surface area contributed by atoms with Crippen molar-refractivity contribution < 1.29 is 10.1 Å². The Hall–Kier alpha value is -0.220. The third-order valence-electron chi connectivity index (χ3n) is 0.791. The third kappa shape index (κ3) is 5.65. The minimum Gasteiger partial charge on any atom is -0.395 e. The van der Waals surface area contributed by atoms with Gasteiger partial charge in [-0.25, -0.2) is 4.79 Å². The molecule has 0 aliphatic rings.